The van der Waals surface area contributed by atoms with Crippen LogP contribution in [0.4, 0.5) is 0 Å². The monoisotopic (exact) mass is 356 g/mol. The second kappa shape index (κ2) is 5.36. The van der Waals surface area contributed by atoms with Gasteiger partial charge in [0.15, 0.2) is 0 Å². The predicted molar refractivity (Wildman–Crippen MR) is 96.3 cm³/mol. The summed E-state index contributed by atoms with van der Waals surface area (Å²) in [6.07, 6.45) is 3.09. The molecule has 0 unspecified atom stereocenters. The minimum absolute atomic E-state index is 0.214. The largest absolute Gasteiger partial charge is 0.459 e. The molecular formula is C20H21ClN2O2. The molecule has 3 aliphatic rings. The number of carbonyl (C=O) groups is 1. The summed E-state index contributed by atoms with van der Waals surface area (Å²) in [6.45, 7) is 1.86. The van der Waals surface area contributed by atoms with Crippen molar-refractivity contribution in [3.8, 4) is 11.3 Å². The number of nitrogens with zero attached hydrogens (tertiary/aromatic N) is 2. The van der Waals surface area contributed by atoms with E-state index in [0.29, 0.717) is 11.8 Å². The van der Waals surface area contributed by atoms with Crippen molar-refractivity contribution in [1.29, 1.82) is 0 Å². The lowest BCUT2D eigenvalue weighted by Crippen LogP contribution is -2.49. The Hall–Kier alpha value is -1.78. The molecule has 1 spiro atoms. The van der Waals surface area contributed by atoms with Crippen LogP contribution in [0.1, 0.15) is 31.1 Å². The molecule has 1 aromatic heterocycles. The molecule has 130 valence electrons. The molecule has 3 aliphatic heterocycles. The van der Waals surface area contributed by atoms with E-state index in [1.165, 1.54) is 0 Å². The molecule has 5 rings (SSSR count). The summed E-state index contributed by atoms with van der Waals surface area (Å²) < 4.78 is 6.22. The maximum Gasteiger partial charge on any atom is 0.243 e. The number of likely N-dealkylation sites (N-methyl/N-ethyl adjacent to an activating group) is 1. The molecule has 0 aliphatic carbocycles. The molecule has 0 bridgehead atoms. The molecule has 0 N–H and O–H groups in total. The minimum Gasteiger partial charge on any atom is -0.459 e. The van der Waals surface area contributed by atoms with Crippen LogP contribution in [0.15, 0.2) is 40.8 Å². The molecule has 2 aromatic rings. The molecule has 3 atom stereocenters. The maximum atomic E-state index is 12.9. The van der Waals surface area contributed by atoms with Gasteiger partial charge in [-0.25, -0.2) is 0 Å². The van der Waals surface area contributed by atoms with E-state index in [1.807, 2.05) is 42.3 Å². The van der Waals surface area contributed by atoms with Gasteiger partial charge < -0.3 is 9.32 Å². The highest BCUT2D eigenvalue weighted by atomic mass is 35.5. The summed E-state index contributed by atoms with van der Waals surface area (Å²) in [4.78, 5) is 17.2. The first kappa shape index (κ1) is 15.5. The number of furan rings is 1. The molecule has 4 nitrogen and oxygen atoms in total. The van der Waals surface area contributed by atoms with Crippen LogP contribution in [-0.4, -0.2) is 41.4 Å². The number of likely N-dealkylation sites (tertiary alicyclic amines) is 1. The second-order valence-corrected chi connectivity index (χ2v) is 8.00. The number of hydrogen-bond acceptors (Lipinski definition) is 3. The predicted octanol–water partition coefficient (Wildman–Crippen LogP) is 3.97. The summed E-state index contributed by atoms with van der Waals surface area (Å²) in [7, 11) is 1.94. The lowest BCUT2D eigenvalue weighted by atomic mass is 9.85. The Balaban J connectivity index is 1.47. The van der Waals surface area contributed by atoms with Gasteiger partial charge in [-0.2, -0.15) is 0 Å². The summed E-state index contributed by atoms with van der Waals surface area (Å²) in [5.41, 5.74) is 0.757. The fourth-order valence-corrected chi connectivity index (χ4v) is 5.40. The highest BCUT2D eigenvalue weighted by Gasteiger charge is 2.65. The van der Waals surface area contributed by atoms with Crippen molar-refractivity contribution in [3.63, 3.8) is 0 Å². The standard InChI is InChI=1S/C20H21ClN2O2/c1-22-12-14-11-16(23-10-2-9-20(14,23)19(22)24)18-8-7-17(25-18)13-3-5-15(21)6-4-13/h3-8,14,16H,2,9-12H2,1H3/t14-,16-,20-/m0/s1. The number of amides is 1. The lowest BCUT2D eigenvalue weighted by Gasteiger charge is -2.32. The van der Waals surface area contributed by atoms with Crippen LogP contribution in [0.25, 0.3) is 11.3 Å². The normalized spacial score (nSPS) is 31.6. The number of hydrogen-bond donors (Lipinski definition) is 0. The fourth-order valence-electron chi connectivity index (χ4n) is 5.27. The smallest absolute Gasteiger partial charge is 0.243 e. The molecule has 3 saturated heterocycles. The average Bonchev–Trinajstić information content (AvgIpc) is 3.33. The summed E-state index contributed by atoms with van der Waals surface area (Å²) in [5, 5.41) is 0.723. The second-order valence-electron chi connectivity index (χ2n) is 7.56. The third-order valence-corrected chi connectivity index (χ3v) is 6.58. The number of carbonyl (C=O) groups excluding carboxylic acids is 1. The van der Waals surface area contributed by atoms with E-state index in [2.05, 4.69) is 11.0 Å². The van der Waals surface area contributed by atoms with Crippen LogP contribution in [-0.2, 0) is 4.79 Å². The van der Waals surface area contributed by atoms with E-state index in [1.54, 1.807) is 0 Å². The van der Waals surface area contributed by atoms with Gasteiger partial charge in [-0.05, 0) is 55.7 Å². The summed E-state index contributed by atoms with van der Waals surface area (Å²) >= 11 is 5.97. The van der Waals surface area contributed by atoms with Crippen LogP contribution in [0, 0.1) is 5.92 Å². The third-order valence-electron chi connectivity index (χ3n) is 6.32. The van der Waals surface area contributed by atoms with E-state index in [9.17, 15) is 4.79 Å². The molecule has 3 fully saturated rings. The zero-order valence-electron chi connectivity index (χ0n) is 14.2. The Morgan fingerprint density at radius 3 is 2.80 bits per heavy atom. The summed E-state index contributed by atoms with van der Waals surface area (Å²) in [6, 6.07) is 12.0. The Labute approximate surface area is 152 Å². The van der Waals surface area contributed by atoms with Crippen molar-refractivity contribution < 1.29 is 9.21 Å². The van der Waals surface area contributed by atoms with Gasteiger partial charge in [0.1, 0.15) is 17.1 Å². The molecule has 5 heteroatoms. The van der Waals surface area contributed by atoms with Crippen molar-refractivity contribution in [3.05, 3.63) is 47.2 Å². The van der Waals surface area contributed by atoms with Crippen LogP contribution in [0.2, 0.25) is 5.02 Å². The Bertz CT molecular complexity index is 830. The first-order chi connectivity index (χ1) is 12.1. The molecular weight excluding hydrogens is 336 g/mol. The summed E-state index contributed by atoms with van der Waals surface area (Å²) in [5.74, 6) is 2.57. The Morgan fingerprint density at radius 2 is 2.00 bits per heavy atom. The number of rotatable bonds is 2. The topological polar surface area (TPSA) is 36.7 Å². The molecule has 1 amide bonds. The molecule has 0 saturated carbocycles. The van der Waals surface area contributed by atoms with Crippen molar-refractivity contribution >= 4 is 17.5 Å². The molecule has 25 heavy (non-hydrogen) atoms. The van der Waals surface area contributed by atoms with Crippen LogP contribution < -0.4 is 0 Å². The van der Waals surface area contributed by atoms with Crippen LogP contribution in [0.3, 0.4) is 0 Å². The van der Waals surface area contributed by atoms with Gasteiger partial charge in [0.25, 0.3) is 0 Å². The van der Waals surface area contributed by atoms with Crippen molar-refractivity contribution in [2.45, 2.75) is 30.8 Å². The fraction of sp³-hybridized carbons (Fsp3) is 0.450. The van der Waals surface area contributed by atoms with Crippen LogP contribution >= 0.6 is 11.6 Å². The average molecular weight is 357 g/mol. The first-order valence-corrected chi connectivity index (χ1v) is 9.35. The Kier molecular flexibility index (Phi) is 3.32. The quantitative estimate of drug-likeness (QED) is 0.817. The van der Waals surface area contributed by atoms with E-state index in [-0.39, 0.29) is 11.6 Å². The van der Waals surface area contributed by atoms with Gasteiger partial charge in [-0.15, -0.1) is 0 Å². The number of benzene rings is 1. The van der Waals surface area contributed by atoms with Crippen molar-refractivity contribution in [2.75, 3.05) is 20.1 Å². The highest BCUT2D eigenvalue weighted by molar-refractivity contribution is 6.30. The zero-order chi connectivity index (χ0) is 17.2. The minimum atomic E-state index is -0.271. The first-order valence-electron chi connectivity index (χ1n) is 8.97. The van der Waals surface area contributed by atoms with Gasteiger partial charge in [0.05, 0.1) is 6.04 Å². The molecule has 4 heterocycles. The van der Waals surface area contributed by atoms with Crippen molar-refractivity contribution in [2.24, 2.45) is 5.92 Å². The van der Waals surface area contributed by atoms with Gasteiger partial charge in [0.2, 0.25) is 5.91 Å². The Morgan fingerprint density at radius 1 is 1.20 bits per heavy atom. The lowest BCUT2D eigenvalue weighted by molar-refractivity contribution is -0.135. The van der Waals surface area contributed by atoms with Gasteiger partial charge >= 0.3 is 0 Å². The van der Waals surface area contributed by atoms with E-state index >= 15 is 0 Å². The van der Waals surface area contributed by atoms with Gasteiger partial charge in [-0.3, -0.25) is 9.69 Å². The van der Waals surface area contributed by atoms with Gasteiger partial charge in [-0.1, -0.05) is 11.6 Å². The molecule has 1 aromatic carbocycles. The van der Waals surface area contributed by atoms with Crippen molar-refractivity contribution in [1.82, 2.24) is 9.80 Å². The van der Waals surface area contributed by atoms with E-state index in [4.69, 9.17) is 16.0 Å². The maximum absolute atomic E-state index is 12.9. The van der Waals surface area contributed by atoms with Gasteiger partial charge in [0, 0.05) is 36.6 Å². The highest BCUT2D eigenvalue weighted by Crippen LogP contribution is 2.56. The van der Waals surface area contributed by atoms with Crippen LogP contribution in [0.5, 0.6) is 0 Å². The molecule has 0 radical (unpaired) electrons. The SMILES string of the molecule is CN1C[C@@H]2C[C@@H](c3ccc(-c4ccc(Cl)cc4)o3)N3CCC[C@@]23C1=O. The van der Waals surface area contributed by atoms with E-state index in [0.717, 1.165) is 54.5 Å². The third kappa shape index (κ3) is 2.07. The number of halogens is 1. The van der Waals surface area contributed by atoms with E-state index < -0.39 is 0 Å². The zero-order valence-corrected chi connectivity index (χ0v) is 15.0.